The van der Waals surface area contributed by atoms with Crippen molar-refractivity contribution in [1.29, 1.82) is 0 Å². The quantitative estimate of drug-likeness (QED) is 0.248. The van der Waals surface area contributed by atoms with E-state index in [1.54, 1.807) is 0 Å². The molecule has 1 amide bonds. The molecule has 0 aromatic carbocycles. The summed E-state index contributed by atoms with van der Waals surface area (Å²) in [6, 6.07) is 0. The first kappa shape index (κ1) is 12.4. The molecule has 4 N–H and O–H groups in total. The molecule has 0 aliphatic carbocycles. The number of nitrogens with two attached hydrogens (primary N) is 1. The summed E-state index contributed by atoms with van der Waals surface area (Å²) < 4.78 is 0. The molecule has 0 radical (unpaired) electrons. The van der Waals surface area contributed by atoms with Gasteiger partial charge in [0.25, 0.3) is 0 Å². The van der Waals surface area contributed by atoms with Gasteiger partial charge in [-0.25, -0.2) is 5.84 Å². The molecule has 15 heavy (non-hydrogen) atoms. The van der Waals surface area contributed by atoms with Gasteiger partial charge in [-0.2, -0.15) is 0 Å². The Balaban J connectivity index is 2.00. The molecule has 0 aromatic rings. The van der Waals surface area contributed by atoms with Gasteiger partial charge in [0.15, 0.2) is 0 Å². The molecule has 1 aliphatic rings. The third-order valence-corrected chi connectivity index (χ3v) is 2.72. The largest absolute Gasteiger partial charge is 0.315 e. The van der Waals surface area contributed by atoms with E-state index in [1.807, 2.05) is 0 Å². The lowest BCUT2D eigenvalue weighted by Gasteiger charge is -2.18. The van der Waals surface area contributed by atoms with Crippen LogP contribution in [0.2, 0.25) is 0 Å². The fourth-order valence-electron chi connectivity index (χ4n) is 1.82. The van der Waals surface area contributed by atoms with E-state index in [0.717, 1.165) is 39.0 Å². The third-order valence-electron chi connectivity index (χ3n) is 2.72. The van der Waals surface area contributed by atoms with Crippen molar-refractivity contribution in [2.45, 2.75) is 25.7 Å². The van der Waals surface area contributed by atoms with Gasteiger partial charge in [-0.05, 0) is 38.9 Å². The van der Waals surface area contributed by atoms with Crippen LogP contribution in [-0.2, 0) is 4.79 Å². The zero-order chi connectivity index (χ0) is 10.9. The molecule has 0 saturated carbocycles. The Hall–Kier alpha value is -0.650. The Bertz CT molecular complexity index is 178. The van der Waals surface area contributed by atoms with Crippen LogP contribution in [0.4, 0.5) is 0 Å². The van der Waals surface area contributed by atoms with E-state index >= 15 is 0 Å². The Morgan fingerprint density at radius 1 is 1.33 bits per heavy atom. The molecule has 5 heteroatoms. The molecule has 88 valence electrons. The molecule has 0 atom stereocenters. The van der Waals surface area contributed by atoms with Crippen molar-refractivity contribution in [3.05, 3.63) is 0 Å². The number of rotatable bonds is 5. The fourth-order valence-corrected chi connectivity index (χ4v) is 1.82. The van der Waals surface area contributed by atoms with Crippen LogP contribution in [0.1, 0.15) is 25.7 Å². The summed E-state index contributed by atoms with van der Waals surface area (Å²) in [7, 11) is 0. The maximum absolute atomic E-state index is 10.9. The molecule has 1 rings (SSSR count). The average Bonchev–Trinajstić information content (AvgIpc) is 2.52. The lowest BCUT2D eigenvalue weighted by molar-refractivity contribution is -0.121. The number of hydrogen-bond acceptors (Lipinski definition) is 4. The van der Waals surface area contributed by atoms with E-state index < -0.39 is 0 Å². The summed E-state index contributed by atoms with van der Waals surface area (Å²) >= 11 is 0. The van der Waals surface area contributed by atoms with Gasteiger partial charge < -0.3 is 10.2 Å². The molecule has 1 heterocycles. The van der Waals surface area contributed by atoms with Crippen LogP contribution in [0.25, 0.3) is 0 Å². The summed E-state index contributed by atoms with van der Waals surface area (Å²) in [5, 5.41) is 3.37. The molecule has 0 aromatic heterocycles. The topological polar surface area (TPSA) is 70.4 Å². The molecule has 0 bridgehead atoms. The van der Waals surface area contributed by atoms with Crippen molar-refractivity contribution < 1.29 is 4.79 Å². The van der Waals surface area contributed by atoms with Crippen LogP contribution in [0.5, 0.6) is 0 Å². The molecule has 5 nitrogen and oxygen atoms in total. The maximum Gasteiger partial charge on any atom is 0.233 e. The molecule has 1 fully saturated rings. The Kier molecular flexibility index (Phi) is 6.31. The number of nitrogens with one attached hydrogen (secondary N) is 2. The molecule has 1 aliphatic heterocycles. The first-order chi connectivity index (χ1) is 7.33. The van der Waals surface area contributed by atoms with Crippen molar-refractivity contribution >= 4 is 5.91 Å². The van der Waals surface area contributed by atoms with Crippen molar-refractivity contribution in [3.63, 3.8) is 0 Å². The lowest BCUT2D eigenvalue weighted by Crippen LogP contribution is -2.31. The monoisotopic (exact) mass is 214 g/mol. The summed E-state index contributed by atoms with van der Waals surface area (Å²) in [6.07, 6.45) is 3.77. The highest BCUT2D eigenvalue weighted by atomic mass is 16.2. The van der Waals surface area contributed by atoms with E-state index in [-0.39, 0.29) is 5.91 Å². The molecule has 0 unspecified atom stereocenters. The van der Waals surface area contributed by atoms with E-state index in [9.17, 15) is 4.79 Å². The average molecular weight is 214 g/mol. The minimum absolute atomic E-state index is 0.0625. The standard InChI is InChI=1S/C10H22N4O/c11-13-10(15)4-1-2-7-14-8-3-5-12-6-9-14/h12H,1-9,11H2,(H,13,15). The van der Waals surface area contributed by atoms with E-state index in [2.05, 4.69) is 15.6 Å². The highest BCUT2D eigenvalue weighted by molar-refractivity contribution is 5.75. The Morgan fingerprint density at radius 2 is 2.20 bits per heavy atom. The maximum atomic E-state index is 10.9. The summed E-state index contributed by atoms with van der Waals surface area (Å²) in [5.41, 5.74) is 2.15. The van der Waals surface area contributed by atoms with Crippen molar-refractivity contribution in [3.8, 4) is 0 Å². The number of hydrazine groups is 1. The van der Waals surface area contributed by atoms with Crippen LogP contribution in [0.15, 0.2) is 0 Å². The zero-order valence-electron chi connectivity index (χ0n) is 9.30. The highest BCUT2D eigenvalue weighted by Gasteiger charge is 2.07. The van der Waals surface area contributed by atoms with E-state index in [1.165, 1.54) is 13.0 Å². The minimum Gasteiger partial charge on any atom is -0.315 e. The van der Waals surface area contributed by atoms with E-state index in [4.69, 9.17) is 5.84 Å². The fraction of sp³-hybridized carbons (Fsp3) is 0.900. The van der Waals surface area contributed by atoms with Gasteiger partial charge in [-0.1, -0.05) is 0 Å². The van der Waals surface area contributed by atoms with Gasteiger partial charge >= 0.3 is 0 Å². The second-order valence-corrected chi connectivity index (χ2v) is 3.97. The van der Waals surface area contributed by atoms with Gasteiger partial charge in [-0.3, -0.25) is 10.2 Å². The van der Waals surface area contributed by atoms with E-state index in [0.29, 0.717) is 6.42 Å². The van der Waals surface area contributed by atoms with Crippen LogP contribution in [-0.4, -0.2) is 43.5 Å². The number of hydrogen-bond donors (Lipinski definition) is 3. The summed E-state index contributed by atoms with van der Waals surface area (Å²) in [4.78, 5) is 13.3. The van der Waals surface area contributed by atoms with Crippen LogP contribution in [0, 0.1) is 0 Å². The molecular weight excluding hydrogens is 192 g/mol. The van der Waals surface area contributed by atoms with Crippen molar-refractivity contribution in [1.82, 2.24) is 15.6 Å². The lowest BCUT2D eigenvalue weighted by atomic mass is 10.2. The zero-order valence-corrected chi connectivity index (χ0v) is 9.30. The van der Waals surface area contributed by atoms with Gasteiger partial charge in [0.05, 0.1) is 0 Å². The molecule has 0 spiro atoms. The van der Waals surface area contributed by atoms with Crippen LogP contribution >= 0.6 is 0 Å². The number of nitrogens with zero attached hydrogens (tertiary/aromatic N) is 1. The Morgan fingerprint density at radius 3 is 3.00 bits per heavy atom. The molecular formula is C10H22N4O. The predicted octanol–water partition coefficient (Wildman–Crippen LogP) is -0.558. The number of amides is 1. The van der Waals surface area contributed by atoms with Gasteiger partial charge in [-0.15, -0.1) is 0 Å². The number of unbranched alkanes of at least 4 members (excludes halogenated alkanes) is 1. The van der Waals surface area contributed by atoms with Crippen molar-refractivity contribution in [2.75, 3.05) is 32.7 Å². The van der Waals surface area contributed by atoms with Gasteiger partial charge in [0, 0.05) is 19.5 Å². The second-order valence-electron chi connectivity index (χ2n) is 3.97. The normalized spacial score (nSPS) is 18.5. The summed E-state index contributed by atoms with van der Waals surface area (Å²) in [5.74, 6) is 4.94. The Labute approximate surface area is 91.3 Å². The first-order valence-corrected chi connectivity index (χ1v) is 5.75. The van der Waals surface area contributed by atoms with Crippen molar-refractivity contribution in [2.24, 2.45) is 5.84 Å². The first-order valence-electron chi connectivity index (χ1n) is 5.75. The SMILES string of the molecule is NNC(=O)CCCCN1CCCNCC1. The predicted molar refractivity (Wildman–Crippen MR) is 60.1 cm³/mol. The second kappa shape index (κ2) is 7.62. The smallest absolute Gasteiger partial charge is 0.233 e. The van der Waals surface area contributed by atoms with Gasteiger partial charge in [0.2, 0.25) is 5.91 Å². The third kappa shape index (κ3) is 5.71. The van der Waals surface area contributed by atoms with Crippen LogP contribution < -0.4 is 16.6 Å². The number of carbonyl (C=O) groups is 1. The molecule has 1 saturated heterocycles. The minimum atomic E-state index is -0.0625. The summed E-state index contributed by atoms with van der Waals surface area (Å²) in [6.45, 7) is 5.62. The van der Waals surface area contributed by atoms with Crippen LogP contribution in [0.3, 0.4) is 0 Å². The van der Waals surface area contributed by atoms with Gasteiger partial charge in [0.1, 0.15) is 0 Å². The number of carbonyl (C=O) groups excluding carboxylic acids is 1. The highest BCUT2D eigenvalue weighted by Crippen LogP contribution is 2.01.